The molecule has 2 aromatic rings. The van der Waals surface area contributed by atoms with Crippen LogP contribution in [0.5, 0.6) is 5.75 Å². The third-order valence-electron chi connectivity index (χ3n) is 3.54. The summed E-state index contributed by atoms with van der Waals surface area (Å²) in [5.74, 6) is 0.942. The summed E-state index contributed by atoms with van der Waals surface area (Å²) in [6.45, 7) is 1.64. The van der Waals surface area contributed by atoms with Crippen LogP contribution in [-0.2, 0) is 4.74 Å². The van der Waals surface area contributed by atoms with Crippen LogP contribution < -0.4 is 4.74 Å². The van der Waals surface area contributed by atoms with E-state index in [1.807, 2.05) is 12.1 Å². The van der Waals surface area contributed by atoms with E-state index in [0.29, 0.717) is 0 Å². The summed E-state index contributed by atoms with van der Waals surface area (Å²) < 4.78 is 11.9. The fourth-order valence-corrected chi connectivity index (χ4v) is 2.54. The zero-order chi connectivity index (χ0) is 15.6. The van der Waals surface area contributed by atoms with Crippen LogP contribution in [0.15, 0.2) is 53.0 Å². The molecule has 2 aromatic carbocycles. The second kappa shape index (κ2) is 9.65. The van der Waals surface area contributed by atoms with Crippen LogP contribution in [0.3, 0.4) is 0 Å². The predicted octanol–water partition coefficient (Wildman–Crippen LogP) is 5.70. The predicted molar refractivity (Wildman–Crippen MR) is 95.4 cm³/mol. The molecule has 0 amide bonds. The second-order valence-electron chi connectivity index (χ2n) is 5.29. The molecule has 0 saturated heterocycles. The SMILES string of the molecule is COCCCCCCOc1ccc(-c2ccc(Br)cc2)cc1. The molecule has 0 heterocycles. The smallest absolute Gasteiger partial charge is 0.119 e. The fourth-order valence-electron chi connectivity index (χ4n) is 2.28. The van der Waals surface area contributed by atoms with Gasteiger partial charge in [-0.15, -0.1) is 0 Å². The van der Waals surface area contributed by atoms with Crippen LogP contribution in [0.25, 0.3) is 11.1 Å². The van der Waals surface area contributed by atoms with Gasteiger partial charge < -0.3 is 9.47 Å². The fraction of sp³-hybridized carbons (Fsp3) is 0.368. The molecule has 0 fully saturated rings. The van der Waals surface area contributed by atoms with Crippen molar-refractivity contribution in [2.75, 3.05) is 20.3 Å². The van der Waals surface area contributed by atoms with Gasteiger partial charge in [0.15, 0.2) is 0 Å². The van der Waals surface area contributed by atoms with Gasteiger partial charge in [-0.3, -0.25) is 0 Å². The first-order valence-electron chi connectivity index (χ1n) is 7.77. The van der Waals surface area contributed by atoms with Gasteiger partial charge in [-0.1, -0.05) is 46.6 Å². The Bertz CT molecular complexity index is 534. The van der Waals surface area contributed by atoms with E-state index in [1.165, 1.54) is 24.0 Å². The van der Waals surface area contributed by atoms with Gasteiger partial charge in [0.05, 0.1) is 6.61 Å². The molecule has 0 aromatic heterocycles. The molecular formula is C19H23BrO2. The molecule has 22 heavy (non-hydrogen) atoms. The Hall–Kier alpha value is -1.32. The number of halogens is 1. The highest BCUT2D eigenvalue weighted by atomic mass is 79.9. The number of rotatable bonds is 9. The van der Waals surface area contributed by atoms with Crippen molar-refractivity contribution in [2.45, 2.75) is 25.7 Å². The quantitative estimate of drug-likeness (QED) is 0.532. The first-order valence-corrected chi connectivity index (χ1v) is 8.56. The highest BCUT2D eigenvalue weighted by molar-refractivity contribution is 9.10. The summed E-state index contributed by atoms with van der Waals surface area (Å²) in [6.07, 6.45) is 4.64. The molecule has 0 atom stereocenters. The summed E-state index contributed by atoms with van der Waals surface area (Å²) in [6, 6.07) is 16.6. The first-order chi connectivity index (χ1) is 10.8. The summed E-state index contributed by atoms with van der Waals surface area (Å²) >= 11 is 3.46. The number of ether oxygens (including phenoxy) is 2. The van der Waals surface area contributed by atoms with Crippen molar-refractivity contribution in [3.8, 4) is 16.9 Å². The van der Waals surface area contributed by atoms with Crippen molar-refractivity contribution in [1.82, 2.24) is 0 Å². The summed E-state index contributed by atoms with van der Waals surface area (Å²) in [5.41, 5.74) is 2.42. The minimum atomic E-state index is 0.782. The van der Waals surface area contributed by atoms with Crippen LogP contribution in [0.1, 0.15) is 25.7 Å². The summed E-state index contributed by atoms with van der Waals surface area (Å²) in [5, 5.41) is 0. The van der Waals surface area contributed by atoms with E-state index >= 15 is 0 Å². The summed E-state index contributed by atoms with van der Waals surface area (Å²) in [7, 11) is 1.75. The normalized spacial score (nSPS) is 10.6. The third-order valence-corrected chi connectivity index (χ3v) is 4.07. The van der Waals surface area contributed by atoms with E-state index < -0.39 is 0 Å². The van der Waals surface area contributed by atoms with Gasteiger partial charge >= 0.3 is 0 Å². The molecule has 2 nitrogen and oxygen atoms in total. The average Bonchev–Trinajstić information content (AvgIpc) is 2.55. The second-order valence-corrected chi connectivity index (χ2v) is 6.20. The number of hydrogen-bond acceptors (Lipinski definition) is 2. The molecule has 0 aliphatic carbocycles. The molecule has 0 aliphatic heterocycles. The molecule has 2 rings (SSSR count). The first kappa shape index (κ1) is 17.0. The maximum absolute atomic E-state index is 5.78. The van der Waals surface area contributed by atoms with Gasteiger partial charge in [-0.25, -0.2) is 0 Å². The standard InChI is InChI=1S/C19H23BrO2/c1-21-14-4-2-3-5-15-22-19-12-8-17(9-13-19)16-6-10-18(20)11-7-16/h6-13H,2-5,14-15H2,1H3. The van der Waals surface area contributed by atoms with Crippen LogP contribution >= 0.6 is 15.9 Å². The maximum Gasteiger partial charge on any atom is 0.119 e. The van der Waals surface area contributed by atoms with Crippen molar-refractivity contribution < 1.29 is 9.47 Å². The molecule has 0 bridgehead atoms. The Labute approximate surface area is 141 Å². The van der Waals surface area contributed by atoms with Crippen molar-refractivity contribution in [2.24, 2.45) is 0 Å². The van der Waals surface area contributed by atoms with E-state index in [2.05, 4.69) is 52.3 Å². The Morgan fingerprint density at radius 1 is 0.727 bits per heavy atom. The molecule has 0 N–H and O–H groups in total. The topological polar surface area (TPSA) is 18.5 Å². The maximum atomic E-state index is 5.78. The third kappa shape index (κ3) is 5.82. The van der Waals surface area contributed by atoms with E-state index in [4.69, 9.17) is 9.47 Å². The molecule has 0 saturated carbocycles. The lowest BCUT2D eigenvalue weighted by Crippen LogP contribution is -1.97. The number of unbranched alkanes of at least 4 members (excludes halogenated alkanes) is 3. The number of methoxy groups -OCH3 is 1. The molecule has 0 spiro atoms. The van der Waals surface area contributed by atoms with Gasteiger partial charge in [0.1, 0.15) is 5.75 Å². The Morgan fingerprint density at radius 3 is 1.86 bits per heavy atom. The zero-order valence-electron chi connectivity index (χ0n) is 13.1. The van der Waals surface area contributed by atoms with Gasteiger partial charge in [0.2, 0.25) is 0 Å². The Morgan fingerprint density at radius 2 is 1.27 bits per heavy atom. The molecule has 3 heteroatoms. The Balaban J connectivity index is 1.74. The number of hydrogen-bond donors (Lipinski definition) is 0. The lowest BCUT2D eigenvalue weighted by atomic mass is 10.1. The van der Waals surface area contributed by atoms with Gasteiger partial charge in [0.25, 0.3) is 0 Å². The largest absolute Gasteiger partial charge is 0.494 e. The molecule has 0 aliphatic rings. The van der Waals surface area contributed by atoms with E-state index in [-0.39, 0.29) is 0 Å². The van der Waals surface area contributed by atoms with E-state index in [0.717, 1.165) is 36.3 Å². The molecular weight excluding hydrogens is 340 g/mol. The van der Waals surface area contributed by atoms with E-state index in [9.17, 15) is 0 Å². The van der Waals surface area contributed by atoms with Crippen molar-refractivity contribution in [3.63, 3.8) is 0 Å². The van der Waals surface area contributed by atoms with Crippen LogP contribution in [0, 0.1) is 0 Å². The van der Waals surface area contributed by atoms with E-state index in [1.54, 1.807) is 7.11 Å². The van der Waals surface area contributed by atoms with Crippen LogP contribution in [0.2, 0.25) is 0 Å². The van der Waals surface area contributed by atoms with Gasteiger partial charge in [-0.2, -0.15) is 0 Å². The van der Waals surface area contributed by atoms with Crippen LogP contribution in [0.4, 0.5) is 0 Å². The molecule has 0 radical (unpaired) electrons. The molecule has 118 valence electrons. The Kier molecular flexibility index (Phi) is 7.47. The lowest BCUT2D eigenvalue weighted by molar-refractivity contribution is 0.191. The average molecular weight is 363 g/mol. The zero-order valence-corrected chi connectivity index (χ0v) is 14.6. The van der Waals surface area contributed by atoms with Gasteiger partial charge in [0, 0.05) is 18.2 Å². The number of benzene rings is 2. The van der Waals surface area contributed by atoms with Crippen molar-refractivity contribution in [1.29, 1.82) is 0 Å². The van der Waals surface area contributed by atoms with Gasteiger partial charge in [-0.05, 0) is 54.7 Å². The van der Waals surface area contributed by atoms with Crippen molar-refractivity contribution in [3.05, 3.63) is 53.0 Å². The lowest BCUT2D eigenvalue weighted by Gasteiger charge is -2.07. The highest BCUT2D eigenvalue weighted by Crippen LogP contribution is 2.24. The highest BCUT2D eigenvalue weighted by Gasteiger charge is 1.99. The summed E-state index contributed by atoms with van der Waals surface area (Å²) in [4.78, 5) is 0. The van der Waals surface area contributed by atoms with Crippen LogP contribution in [-0.4, -0.2) is 20.3 Å². The minimum Gasteiger partial charge on any atom is -0.494 e. The minimum absolute atomic E-state index is 0.782. The monoisotopic (exact) mass is 362 g/mol. The molecule has 0 unspecified atom stereocenters. The van der Waals surface area contributed by atoms with Crippen molar-refractivity contribution >= 4 is 15.9 Å².